The summed E-state index contributed by atoms with van der Waals surface area (Å²) >= 11 is 6.74. The summed E-state index contributed by atoms with van der Waals surface area (Å²) in [6.07, 6.45) is 1.93. The average molecular weight is 246 g/mol. The first-order chi connectivity index (χ1) is 3.81. The van der Waals surface area contributed by atoms with E-state index >= 15 is 0 Å². The number of aliphatic hydroxyl groups excluding tert-OH is 1. The Hall–Kier alpha value is 0.920. The van der Waals surface area contributed by atoms with Crippen LogP contribution < -0.4 is 0 Å². The van der Waals surface area contributed by atoms with E-state index < -0.39 is 0 Å². The van der Waals surface area contributed by atoms with Crippen molar-refractivity contribution < 1.29 is 5.11 Å². The molecule has 0 bridgehead atoms. The molecule has 1 atom stereocenters. The summed E-state index contributed by atoms with van der Waals surface area (Å²) < 4.78 is 0. The van der Waals surface area contributed by atoms with E-state index in [2.05, 4.69) is 31.9 Å². The monoisotopic (exact) mass is 244 g/mol. The molecule has 0 spiro atoms. The van der Waals surface area contributed by atoms with E-state index in [0.29, 0.717) is 11.4 Å². The van der Waals surface area contributed by atoms with Crippen LogP contribution in [0.4, 0.5) is 0 Å². The van der Waals surface area contributed by atoms with Crippen molar-refractivity contribution in [3.63, 3.8) is 0 Å². The van der Waals surface area contributed by atoms with Crippen molar-refractivity contribution in [3.8, 4) is 0 Å². The zero-order valence-corrected chi connectivity index (χ0v) is 7.78. The Balaban J connectivity index is 2.86. The van der Waals surface area contributed by atoms with E-state index in [9.17, 15) is 0 Å². The Labute approximate surface area is 66.7 Å². The summed E-state index contributed by atoms with van der Waals surface area (Å²) in [6, 6.07) is 0. The van der Waals surface area contributed by atoms with E-state index in [-0.39, 0.29) is 0 Å². The van der Waals surface area contributed by atoms with Crippen LogP contribution in [0.5, 0.6) is 0 Å². The van der Waals surface area contributed by atoms with Crippen LogP contribution in [-0.2, 0) is 0 Å². The summed E-state index contributed by atoms with van der Waals surface area (Å²) in [5, 5.41) is 9.34. The second-order valence-electron chi connectivity index (χ2n) is 1.62. The Bertz CT molecular complexity index is 49.7. The molecule has 1 unspecified atom stereocenters. The number of hydrogen-bond donors (Lipinski definition) is 1. The zero-order chi connectivity index (χ0) is 6.41. The number of alkyl halides is 2. The Kier molecular flexibility index (Phi) is 6.74. The minimum atomic E-state index is 0.301. The summed E-state index contributed by atoms with van der Waals surface area (Å²) in [7, 11) is 0. The molecule has 8 heavy (non-hydrogen) atoms. The summed E-state index contributed by atoms with van der Waals surface area (Å²) in [5.74, 6) is 0. The molecule has 0 aromatic heterocycles. The summed E-state index contributed by atoms with van der Waals surface area (Å²) in [5.41, 5.74) is 0. The number of halogens is 2. The molecule has 1 N–H and O–H groups in total. The topological polar surface area (TPSA) is 20.2 Å². The molecule has 0 aliphatic carbocycles. The normalized spacial score (nSPS) is 13.9. The lowest BCUT2D eigenvalue weighted by atomic mass is 10.3. The van der Waals surface area contributed by atoms with Crippen LogP contribution >= 0.6 is 31.9 Å². The highest BCUT2D eigenvalue weighted by atomic mass is 79.9. The molecule has 0 aliphatic rings. The highest BCUT2D eigenvalue weighted by molar-refractivity contribution is 9.12. The molecule has 0 radical (unpaired) electrons. The highest BCUT2D eigenvalue weighted by Crippen LogP contribution is 2.09. The first kappa shape index (κ1) is 8.92. The predicted molar refractivity (Wildman–Crippen MR) is 42.8 cm³/mol. The van der Waals surface area contributed by atoms with Gasteiger partial charge in [0.25, 0.3) is 0 Å². The van der Waals surface area contributed by atoms with Crippen LogP contribution in [0.1, 0.15) is 12.8 Å². The van der Waals surface area contributed by atoms with Gasteiger partial charge in [-0.1, -0.05) is 31.9 Å². The van der Waals surface area contributed by atoms with Crippen LogP contribution in [0.3, 0.4) is 0 Å². The number of aliphatic hydroxyl groups is 1. The smallest absolute Gasteiger partial charge is 0.0431 e. The van der Waals surface area contributed by atoms with Gasteiger partial charge in [0.15, 0.2) is 0 Å². The van der Waals surface area contributed by atoms with Gasteiger partial charge < -0.3 is 5.11 Å². The fraction of sp³-hybridized carbons (Fsp3) is 1.00. The highest BCUT2D eigenvalue weighted by Gasteiger charge is 1.98. The van der Waals surface area contributed by atoms with E-state index in [1.807, 2.05) is 0 Å². The fourth-order valence-electron chi connectivity index (χ4n) is 0.390. The van der Waals surface area contributed by atoms with Crippen LogP contribution in [0, 0.1) is 0 Å². The molecular weight excluding hydrogens is 236 g/mol. The molecule has 50 valence electrons. The molecular formula is C5H10Br2O. The van der Waals surface area contributed by atoms with E-state index in [0.717, 1.165) is 18.2 Å². The van der Waals surface area contributed by atoms with Gasteiger partial charge >= 0.3 is 0 Å². The molecule has 0 aromatic rings. The number of hydrogen-bond acceptors (Lipinski definition) is 1. The lowest BCUT2D eigenvalue weighted by Crippen LogP contribution is -1.99. The van der Waals surface area contributed by atoms with Crippen molar-refractivity contribution in [2.24, 2.45) is 0 Å². The van der Waals surface area contributed by atoms with Gasteiger partial charge in [-0.15, -0.1) is 0 Å². The van der Waals surface area contributed by atoms with Gasteiger partial charge in [0.1, 0.15) is 0 Å². The predicted octanol–water partition coefficient (Wildman–Crippen LogP) is 1.92. The third-order valence-corrected chi connectivity index (χ3v) is 3.27. The minimum Gasteiger partial charge on any atom is -0.396 e. The zero-order valence-electron chi connectivity index (χ0n) is 4.61. The van der Waals surface area contributed by atoms with Gasteiger partial charge in [0.05, 0.1) is 0 Å². The summed E-state index contributed by atoms with van der Waals surface area (Å²) in [6.45, 7) is 0.301. The molecule has 0 aliphatic heterocycles. The van der Waals surface area contributed by atoms with Crippen LogP contribution in [-0.4, -0.2) is 21.9 Å². The van der Waals surface area contributed by atoms with Crippen molar-refractivity contribution in [1.29, 1.82) is 0 Å². The average Bonchev–Trinajstić information content (AvgIpc) is 1.83. The van der Waals surface area contributed by atoms with Gasteiger partial charge in [-0.25, -0.2) is 0 Å². The standard InChI is InChI=1S/C5H10Br2O/c6-4-5(7)2-1-3-8/h5,8H,1-4H2. The van der Waals surface area contributed by atoms with Crippen LogP contribution in [0.2, 0.25) is 0 Å². The van der Waals surface area contributed by atoms with E-state index in [4.69, 9.17) is 5.11 Å². The molecule has 3 heteroatoms. The van der Waals surface area contributed by atoms with Gasteiger partial charge in [-0.05, 0) is 12.8 Å². The first-order valence-electron chi connectivity index (χ1n) is 2.62. The lowest BCUT2D eigenvalue weighted by molar-refractivity contribution is 0.285. The number of rotatable bonds is 4. The Morgan fingerprint density at radius 1 is 1.50 bits per heavy atom. The molecule has 0 aromatic carbocycles. The maximum absolute atomic E-state index is 8.37. The molecule has 0 rings (SSSR count). The van der Waals surface area contributed by atoms with Crippen molar-refractivity contribution in [2.45, 2.75) is 17.7 Å². The first-order valence-corrected chi connectivity index (χ1v) is 4.66. The molecule has 0 saturated heterocycles. The minimum absolute atomic E-state index is 0.301. The van der Waals surface area contributed by atoms with E-state index in [1.54, 1.807) is 0 Å². The van der Waals surface area contributed by atoms with Gasteiger partial charge in [-0.2, -0.15) is 0 Å². The largest absolute Gasteiger partial charge is 0.396 e. The SMILES string of the molecule is OCCCC(Br)CBr. The second kappa shape index (κ2) is 6.05. The van der Waals surface area contributed by atoms with Crippen molar-refractivity contribution in [1.82, 2.24) is 0 Å². The second-order valence-corrected chi connectivity index (χ2v) is 3.56. The Morgan fingerprint density at radius 2 is 2.12 bits per heavy atom. The van der Waals surface area contributed by atoms with Crippen molar-refractivity contribution >= 4 is 31.9 Å². The maximum atomic E-state index is 8.37. The molecule has 0 fully saturated rings. The van der Waals surface area contributed by atoms with Gasteiger partial charge in [0.2, 0.25) is 0 Å². The molecule has 0 saturated carbocycles. The summed E-state index contributed by atoms with van der Waals surface area (Å²) in [4.78, 5) is 0.523. The molecule has 0 heterocycles. The van der Waals surface area contributed by atoms with Crippen molar-refractivity contribution in [2.75, 3.05) is 11.9 Å². The maximum Gasteiger partial charge on any atom is 0.0431 e. The molecule has 0 amide bonds. The third kappa shape index (κ3) is 5.06. The van der Waals surface area contributed by atoms with Crippen LogP contribution in [0.25, 0.3) is 0 Å². The van der Waals surface area contributed by atoms with Gasteiger partial charge in [-0.3, -0.25) is 0 Å². The quantitative estimate of drug-likeness (QED) is 0.751. The van der Waals surface area contributed by atoms with Crippen molar-refractivity contribution in [3.05, 3.63) is 0 Å². The molecule has 1 nitrogen and oxygen atoms in total. The van der Waals surface area contributed by atoms with Gasteiger partial charge in [0, 0.05) is 16.8 Å². The fourth-order valence-corrected chi connectivity index (χ4v) is 1.04. The van der Waals surface area contributed by atoms with E-state index in [1.165, 1.54) is 0 Å². The Morgan fingerprint density at radius 3 is 2.50 bits per heavy atom. The third-order valence-electron chi connectivity index (χ3n) is 0.843. The lowest BCUT2D eigenvalue weighted by Gasteiger charge is -2.01. The van der Waals surface area contributed by atoms with Crippen LogP contribution in [0.15, 0.2) is 0 Å².